The molecule has 0 radical (unpaired) electrons. The lowest BCUT2D eigenvalue weighted by Crippen LogP contribution is -2.50. The van der Waals surface area contributed by atoms with Gasteiger partial charge in [0, 0.05) is 32.1 Å². The maximum absolute atomic E-state index is 12.4. The molecule has 1 aromatic rings. The number of hydrogen-bond acceptors (Lipinski definition) is 2. The molecule has 3 nitrogen and oxygen atoms in total. The zero-order chi connectivity index (χ0) is 13.9. The quantitative estimate of drug-likeness (QED) is 0.836. The van der Waals surface area contributed by atoms with Gasteiger partial charge in [0.2, 0.25) is 5.91 Å². The topological polar surface area (TPSA) is 23.6 Å². The van der Waals surface area contributed by atoms with Crippen molar-refractivity contribution in [1.82, 2.24) is 4.90 Å². The fourth-order valence-electron chi connectivity index (χ4n) is 3.31. The molecule has 2 aliphatic rings. The SMILES string of the molecule is O=C(C1CCCC1)N1CCN(c2ccccc2Cl)CC1. The molecule has 1 aliphatic carbocycles. The smallest absolute Gasteiger partial charge is 0.225 e. The van der Waals surface area contributed by atoms with E-state index in [0.29, 0.717) is 11.8 Å². The predicted molar refractivity (Wildman–Crippen MR) is 82.2 cm³/mol. The molecule has 1 saturated carbocycles. The molecule has 0 aromatic heterocycles. The van der Waals surface area contributed by atoms with Crippen LogP contribution in [0.15, 0.2) is 24.3 Å². The van der Waals surface area contributed by atoms with E-state index in [2.05, 4.69) is 11.0 Å². The Morgan fingerprint density at radius 1 is 1.05 bits per heavy atom. The van der Waals surface area contributed by atoms with Crippen molar-refractivity contribution in [3.63, 3.8) is 0 Å². The van der Waals surface area contributed by atoms with E-state index < -0.39 is 0 Å². The summed E-state index contributed by atoms with van der Waals surface area (Å²) in [5, 5.41) is 0.795. The Labute approximate surface area is 125 Å². The van der Waals surface area contributed by atoms with Crippen LogP contribution in [0.1, 0.15) is 25.7 Å². The van der Waals surface area contributed by atoms with E-state index in [1.54, 1.807) is 0 Å². The zero-order valence-corrected chi connectivity index (χ0v) is 12.5. The number of carbonyl (C=O) groups is 1. The number of hydrogen-bond donors (Lipinski definition) is 0. The van der Waals surface area contributed by atoms with Crippen LogP contribution in [-0.4, -0.2) is 37.0 Å². The highest BCUT2D eigenvalue weighted by atomic mass is 35.5. The number of halogens is 1. The van der Waals surface area contributed by atoms with Gasteiger partial charge < -0.3 is 9.80 Å². The Bertz CT molecular complexity index is 477. The number of benzene rings is 1. The van der Waals surface area contributed by atoms with Gasteiger partial charge in [-0.15, -0.1) is 0 Å². The highest BCUT2D eigenvalue weighted by Gasteiger charge is 2.29. The lowest BCUT2D eigenvalue weighted by molar-refractivity contribution is -0.135. The van der Waals surface area contributed by atoms with E-state index >= 15 is 0 Å². The van der Waals surface area contributed by atoms with Crippen LogP contribution < -0.4 is 4.90 Å². The molecule has 1 heterocycles. The Kier molecular flexibility index (Phi) is 4.16. The minimum atomic E-state index is 0.293. The third-order valence-electron chi connectivity index (χ3n) is 4.49. The molecule has 20 heavy (non-hydrogen) atoms. The van der Waals surface area contributed by atoms with Gasteiger partial charge in [-0.1, -0.05) is 36.6 Å². The normalized spacial score (nSPS) is 20.4. The monoisotopic (exact) mass is 292 g/mol. The summed E-state index contributed by atoms with van der Waals surface area (Å²) in [6.45, 7) is 3.39. The second kappa shape index (κ2) is 6.04. The molecule has 3 rings (SSSR count). The molecule has 0 N–H and O–H groups in total. The standard InChI is InChI=1S/C16H21ClN2O/c17-14-7-3-4-8-15(14)18-9-11-19(12-10-18)16(20)13-5-1-2-6-13/h3-4,7-8,13H,1-2,5-6,9-12H2. The maximum atomic E-state index is 12.4. The van der Waals surface area contributed by atoms with Crippen LogP contribution in [0, 0.1) is 5.92 Å². The highest BCUT2D eigenvalue weighted by Crippen LogP contribution is 2.29. The summed E-state index contributed by atoms with van der Waals surface area (Å²) in [4.78, 5) is 16.7. The van der Waals surface area contributed by atoms with E-state index in [4.69, 9.17) is 11.6 Å². The molecule has 0 atom stereocenters. The minimum absolute atomic E-state index is 0.293. The summed E-state index contributed by atoms with van der Waals surface area (Å²) < 4.78 is 0. The molecule has 1 amide bonds. The van der Waals surface area contributed by atoms with Crippen molar-refractivity contribution in [3.8, 4) is 0 Å². The van der Waals surface area contributed by atoms with Gasteiger partial charge in [0.05, 0.1) is 10.7 Å². The number of nitrogens with zero attached hydrogens (tertiary/aromatic N) is 2. The van der Waals surface area contributed by atoms with Crippen molar-refractivity contribution in [2.24, 2.45) is 5.92 Å². The van der Waals surface area contributed by atoms with Crippen LogP contribution in [0.5, 0.6) is 0 Å². The third-order valence-corrected chi connectivity index (χ3v) is 4.81. The number of anilines is 1. The highest BCUT2D eigenvalue weighted by molar-refractivity contribution is 6.33. The molecule has 1 aliphatic heterocycles. The van der Waals surface area contributed by atoms with Gasteiger partial charge in [0.25, 0.3) is 0 Å². The molecule has 1 saturated heterocycles. The second-order valence-electron chi connectivity index (χ2n) is 5.75. The Balaban J connectivity index is 1.59. The molecule has 4 heteroatoms. The molecular formula is C16H21ClN2O. The first-order valence-electron chi connectivity index (χ1n) is 7.54. The summed E-state index contributed by atoms with van der Waals surface area (Å²) >= 11 is 6.24. The molecule has 2 fully saturated rings. The van der Waals surface area contributed by atoms with Crippen molar-refractivity contribution in [2.75, 3.05) is 31.1 Å². The van der Waals surface area contributed by atoms with E-state index in [-0.39, 0.29) is 0 Å². The van der Waals surface area contributed by atoms with Gasteiger partial charge in [0.1, 0.15) is 0 Å². The van der Waals surface area contributed by atoms with E-state index in [1.807, 2.05) is 23.1 Å². The predicted octanol–water partition coefficient (Wildman–Crippen LogP) is 3.18. The first-order chi connectivity index (χ1) is 9.75. The van der Waals surface area contributed by atoms with Gasteiger partial charge in [0.15, 0.2) is 0 Å². The minimum Gasteiger partial charge on any atom is -0.367 e. The van der Waals surface area contributed by atoms with Crippen molar-refractivity contribution < 1.29 is 4.79 Å². The lowest BCUT2D eigenvalue weighted by atomic mass is 10.1. The zero-order valence-electron chi connectivity index (χ0n) is 11.7. The van der Waals surface area contributed by atoms with E-state index in [1.165, 1.54) is 12.8 Å². The Morgan fingerprint density at radius 2 is 1.70 bits per heavy atom. The van der Waals surface area contributed by atoms with Gasteiger partial charge in [-0.25, -0.2) is 0 Å². The molecule has 0 spiro atoms. The number of amides is 1. The van der Waals surface area contributed by atoms with Gasteiger partial charge in [-0.3, -0.25) is 4.79 Å². The van der Waals surface area contributed by atoms with Crippen molar-refractivity contribution in [3.05, 3.63) is 29.3 Å². The van der Waals surface area contributed by atoms with Crippen LogP contribution >= 0.6 is 11.6 Å². The fourth-order valence-corrected chi connectivity index (χ4v) is 3.56. The largest absolute Gasteiger partial charge is 0.367 e. The van der Waals surface area contributed by atoms with E-state index in [9.17, 15) is 4.79 Å². The number of carbonyl (C=O) groups excluding carboxylic acids is 1. The molecule has 1 aromatic carbocycles. The summed E-state index contributed by atoms with van der Waals surface area (Å²) in [5.74, 6) is 0.670. The lowest BCUT2D eigenvalue weighted by Gasteiger charge is -2.37. The van der Waals surface area contributed by atoms with Gasteiger partial charge in [-0.05, 0) is 25.0 Å². The first-order valence-corrected chi connectivity index (χ1v) is 7.92. The van der Waals surface area contributed by atoms with Gasteiger partial charge >= 0.3 is 0 Å². The molecule has 0 unspecified atom stereocenters. The summed E-state index contributed by atoms with van der Waals surface area (Å²) in [5.41, 5.74) is 1.09. The van der Waals surface area contributed by atoms with Crippen LogP contribution in [0.2, 0.25) is 5.02 Å². The first kappa shape index (κ1) is 13.7. The fraction of sp³-hybridized carbons (Fsp3) is 0.562. The van der Waals surface area contributed by atoms with E-state index in [0.717, 1.165) is 49.7 Å². The molecular weight excluding hydrogens is 272 g/mol. The number of para-hydroxylation sites is 1. The van der Waals surface area contributed by atoms with Crippen molar-refractivity contribution in [1.29, 1.82) is 0 Å². The Hall–Kier alpha value is -1.22. The van der Waals surface area contributed by atoms with Crippen LogP contribution in [-0.2, 0) is 4.79 Å². The third kappa shape index (κ3) is 2.78. The molecule has 108 valence electrons. The summed E-state index contributed by atoms with van der Waals surface area (Å²) in [6.07, 6.45) is 4.61. The van der Waals surface area contributed by atoms with Crippen molar-refractivity contribution in [2.45, 2.75) is 25.7 Å². The van der Waals surface area contributed by atoms with Gasteiger partial charge in [-0.2, -0.15) is 0 Å². The summed E-state index contributed by atoms with van der Waals surface area (Å²) in [7, 11) is 0. The summed E-state index contributed by atoms with van der Waals surface area (Å²) in [6, 6.07) is 7.94. The molecule has 0 bridgehead atoms. The van der Waals surface area contributed by atoms with Crippen LogP contribution in [0.3, 0.4) is 0 Å². The number of piperazine rings is 1. The second-order valence-corrected chi connectivity index (χ2v) is 6.15. The average Bonchev–Trinajstić information content (AvgIpc) is 3.01. The van der Waals surface area contributed by atoms with Crippen LogP contribution in [0.25, 0.3) is 0 Å². The number of rotatable bonds is 2. The maximum Gasteiger partial charge on any atom is 0.225 e. The Morgan fingerprint density at radius 3 is 2.35 bits per heavy atom. The van der Waals surface area contributed by atoms with Crippen LogP contribution in [0.4, 0.5) is 5.69 Å². The van der Waals surface area contributed by atoms with Crippen molar-refractivity contribution >= 4 is 23.2 Å². The average molecular weight is 293 g/mol.